The molecule has 0 N–H and O–H groups in total. The van der Waals surface area contributed by atoms with Gasteiger partial charge < -0.3 is 4.90 Å². The first-order chi connectivity index (χ1) is 10.1. The Bertz CT molecular complexity index is 596. The average molecular weight is 300 g/mol. The third-order valence-electron chi connectivity index (χ3n) is 4.04. The first-order valence-electron chi connectivity index (χ1n) is 7.46. The molecule has 1 aromatic carbocycles. The monoisotopic (exact) mass is 300 g/mol. The number of carbonyl (C=O) groups excluding carboxylic acids is 1. The lowest BCUT2D eigenvalue weighted by molar-refractivity contribution is -0.113. The highest BCUT2D eigenvalue weighted by Gasteiger charge is 2.28. The number of hydrogen-bond acceptors (Lipinski definition) is 3. The lowest BCUT2D eigenvalue weighted by atomic mass is 10.00. The van der Waals surface area contributed by atoms with Crippen molar-refractivity contribution in [2.75, 3.05) is 13.1 Å². The summed E-state index contributed by atoms with van der Waals surface area (Å²) >= 11 is 1.51. The van der Waals surface area contributed by atoms with E-state index in [4.69, 9.17) is 0 Å². The van der Waals surface area contributed by atoms with Gasteiger partial charge in [-0.05, 0) is 49.1 Å². The SMILES string of the molecule is Cc1ccc(/C=C2/SC(N3CCC(C)CC3)=NC2=O)cc1. The molecule has 1 aromatic rings. The quantitative estimate of drug-likeness (QED) is 0.741. The van der Waals surface area contributed by atoms with E-state index in [2.05, 4.69) is 35.9 Å². The Hall–Kier alpha value is -1.55. The predicted molar refractivity (Wildman–Crippen MR) is 89.2 cm³/mol. The summed E-state index contributed by atoms with van der Waals surface area (Å²) in [4.78, 5) is 19.3. The van der Waals surface area contributed by atoms with Crippen LogP contribution in [0.15, 0.2) is 34.2 Å². The van der Waals surface area contributed by atoms with E-state index in [9.17, 15) is 4.79 Å². The molecule has 0 atom stereocenters. The highest BCUT2D eigenvalue weighted by atomic mass is 32.2. The number of carbonyl (C=O) groups is 1. The molecule has 0 bridgehead atoms. The average Bonchev–Trinajstić information content (AvgIpc) is 2.83. The van der Waals surface area contributed by atoms with Gasteiger partial charge in [0.15, 0.2) is 5.17 Å². The van der Waals surface area contributed by atoms with Gasteiger partial charge in [0.2, 0.25) is 0 Å². The number of aliphatic imine (C=N–C) groups is 1. The third kappa shape index (κ3) is 3.38. The number of rotatable bonds is 1. The smallest absolute Gasteiger partial charge is 0.286 e. The fourth-order valence-electron chi connectivity index (χ4n) is 2.55. The van der Waals surface area contributed by atoms with Crippen molar-refractivity contribution >= 4 is 28.9 Å². The maximum absolute atomic E-state index is 12.1. The van der Waals surface area contributed by atoms with Gasteiger partial charge in [0, 0.05) is 13.1 Å². The van der Waals surface area contributed by atoms with Crippen molar-refractivity contribution < 1.29 is 4.79 Å². The van der Waals surface area contributed by atoms with Crippen LogP contribution in [0.2, 0.25) is 0 Å². The fraction of sp³-hybridized carbons (Fsp3) is 0.412. The van der Waals surface area contributed by atoms with Crippen LogP contribution in [0.3, 0.4) is 0 Å². The fourth-order valence-corrected chi connectivity index (χ4v) is 3.51. The largest absolute Gasteiger partial charge is 0.351 e. The van der Waals surface area contributed by atoms with Gasteiger partial charge in [-0.3, -0.25) is 4.79 Å². The maximum atomic E-state index is 12.1. The summed E-state index contributed by atoms with van der Waals surface area (Å²) in [5.74, 6) is 0.681. The molecule has 21 heavy (non-hydrogen) atoms. The van der Waals surface area contributed by atoms with Crippen LogP contribution < -0.4 is 0 Å². The second-order valence-corrected chi connectivity index (χ2v) is 6.90. The van der Waals surface area contributed by atoms with Crippen molar-refractivity contribution in [3.8, 4) is 0 Å². The molecule has 3 rings (SSSR count). The minimum absolute atomic E-state index is 0.103. The van der Waals surface area contributed by atoms with Gasteiger partial charge in [0.05, 0.1) is 4.91 Å². The molecule has 2 aliphatic rings. The van der Waals surface area contributed by atoms with Crippen molar-refractivity contribution in [1.29, 1.82) is 0 Å². The number of amidine groups is 1. The number of aryl methyl sites for hydroxylation is 1. The number of amides is 1. The Balaban J connectivity index is 1.71. The van der Waals surface area contributed by atoms with Crippen LogP contribution >= 0.6 is 11.8 Å². The Morgan fingerprint density at radius 1 is 1.24 bits per heavy atom. The molecule has 0 unspecified atom stereocenters. The second-order valence-electron chi connectivity index (χ2n) is 5.89. The van der Waals surface area contributed by atoms with Crippen molar-refractivity contribution in [1.82, 2.24) is 4.90 Å². The molecule has 110 valence electrons. The summed E-state index contributed by atoms with van der Waals surface area (Å²) in [6, 6.07) is 8.20. The van der Waals surface area contributed by atoms with Crippen molar-refractivity contribution in [2.24, 2.45) is 10.9 Å². The molecule has 3 nitrogen and oxygen atoms in total. The minimum Gasteiger partial charge on any atom is -0.351 e. The molecule has 2 heterocycles. The molecule has 0 spiro atoms. The lowest BCUT2D eigenvalue weighted by Crippen LogP contribution is -2.35. The van der Waals surface area contributed by atoms with E-state index in [-0.39, 0.29) is 5.91 Å². The van der Waals surface area contributed by atoms with Gasteiger partial charge in [-0.15, -0.1) is 0 Å². The van der Waals surface area contributed by atoms with E-state index in [1.807, 2.05) is 18.2 Å². The maximum Gasteiger partial charge on any atom is 0.286 e. The van der Waals surface area contributed by atoms with Gasteiger partial charge in [-0.2, -0.15) is 4.99 Å². The number of piperidine rings is 1. The summed E-state index contributed by atoms with van der Waals surface area (Å²) in [5.41, 5.74) is 2.28. The molecule has 1 fully saturated rings. The number of benzene rings is 1. The molecule has 0 radical (unpaired) electrons. The number of hydrogen-bond donors (Lipinski definition) is 0. The van der Waals surface area contributed by atoms with Crippen LogP contribution in [0.25, 0.3) is 6.08 Å². The first kappa shape index (κ1) is 14.4. The van der Waals surface area contributed by atoms with E-state index in [0.717, 1.165) is 34.6 Å². The number of thioether (sulfide) groups is 1. The summed E-state index contributed by atoms with van der Waals surface area (Å²) in [6.07, 6.45) is 4.31. The zero-order chi connectivity index (χ0) is 14.8. The predicted octanol–water partition coefficient (Wildman–Crippen LogP) is 3.70. The number of likely N-dealkylation sites (tertiary alicyclic amines) is 1. The van der Waals surface area contributed by atoms with Crippen LogP contribution in [0.4, 0.5) is 0 Å². The van der Waals surface area contributed by atoms with Gasteiger partial charge >= 0.3 is 0 Å². The van der Waals surface area contributed by atoms with E-state index >= 15 is 0 Å². The zero-order valence-corrected chi connectivity index (χ0v) is 13.3. The van der Waals surface area contributed by atoms with Crippen molar-refractivity contribution in [3.63, 3.8) is 0 Å². The molecule has 0 aliphatic carbocycles. The van der Waals surface area contributed by atoms with E-state index in [1.54, 1.807) is 0 Å². The Labute approximate surface area is 130 Å². The summed E-state index contributed by atoms with van der Waals surface area (Å²) in [7, 11) is 0. The zero-order valence-electron chi connectivity index (χ0n) is 12.5. The van der Waals surface area contributed by atoms with Crippen LogP contribution in [-0.4, -0.2) is 29.1 Å². The summed E-state index contributed by atoms with van der Waals surface area (Å²) in [6.45, 7) is 6.37. The van der Waals surface area contributed by atoms with E-state index < -0.39 is 0 Å². The van der Waals surface area contributed by atoms with Gasteiger partial charge in [-0.1, -0.05) is 36.8 Å². The molecule has 0 aromatic heterocycles. The topological polar surface area (TPSA) is 32.7 Å². The molecule has 4 heteroatoms. The second kappa shape index (κ2) is 6.06. The summed E-state index contributed by atoms with van der Waals surface area (Å²) < 4.78 is 0. The lowest BCUT2D eigenvalue weighted by Gasteiger charge is -2.30. The van der Waals surface area contributed by atoms with Crippen molar-refractivity contribution in [2.45, 2.75) is 26.7 Å². The van der Waals surface area contributed by atoms with Gasteiger partial charge in [-0.25, -0.2) is 0 Å². The van der Waals surface area contributed by atoms with E-state index in [0.29, 0.717) is 0 Å². The van der Waals surface area contributed by atoms with E-state index in [1.165, 1.54) is 30.2 Å². The standard InChI is InChI=1S/C17H20N2OS/c1-12-3-5-14(6-4-12)11-15-16(20)18-17(21-15)19-9-7-13(2)8-10-19/h3-6,11,13H,7-10H2,1-2H3/b15-11+. The highest BCUT2D eigenvalue weighted by Crippen LogP contribution is 2.32. The van der Waals surface area contributed by atoms with Crippen LogP contribution in [-0.2, 0) is 4.79 Å². The number of nitrogens with zero attached hydrogens (tertiary/aromatic N) is 2. The molecule has 2 aliphatic heterocycles. The normalized spacial score (nSPS) is 22.0. The molecular formula is C17H20N2OS. The Morgan fingerprint density at radius 3 is 2.57 bits per heavy atom. The third-order valence-corrected chi connectivity index (χ3v) is 5.08. The van der Waals surface area contributed by atoms with Gasteiger partial charge in [0.1, 0.15) is 0 Å². The summed E-state index contributed by atoms with van der Waals surface area (Å²) in [5, 5.41) is 0.880. The molecule has 1 amide bonds. The van der Waals surface area contributed by atoms with Crippen LogP contribution in [0.1, 0.15) is 30.9 Å². The Morgan fingerprint density at radius 2 is 1.90 bits per heavy atom. The minimum atomic E-state index is -0.103. The van der Waals surface area contributed by atoms with Crippen LogP contribution in [0.5, 0.6) is 0 Å². The highest BCUT2D eigenvalue weighted by molar-refractivity contribution is 8.18. The molecule has 1 saturated heterocycles. The Kier molecular flexibility index (Phi) is 4.15. The first-order valence-corrected chi connectivity index (χ1v) is 8.27. The van der Waals surface area contributed by atoms with Crippen LogP contribution in [0, 0.1) is 12.8 Å². The molecular weight excluding hydrogens is 280 g/mol. The van der Waals surface area contributed by atoms with Gasteiger partial charge in [0.25, 0.3) is 5.91 Å². The molecule has 0 saturated carbocycles. The van der Waals surface area contributed by atoms with Crippen molar-refractivity contribution in [3.05, 3.63) is 40.3 Å².